The molecule has 0 unspecified atom stereocenters. The fourth-order valence-corrected chi connectivity index (χ4v) is 5.94. The summed E-state index contributed by atoms with van der Waals surface area (Å²) in [6, 6.07) is 25.0. The first-order valence-corrected chi connectivity index (χ1v) is 18.5. The number of nitrogens with one attached hydrogen (secondary N) is 1. The number of hydrogen-bond donors (Lipinski definition) is 1. The number of fused-ring (bicyclic) bond motifs is 3. The quantitative estimate of drug-likeness (QED) is 0.0779. The summed E-state index contributed by atoms with van der Waals surface area (Å²) >= 11 is 0. The lowest BCUT2D eigenvalue weighted by atomic mass is 9.98. The number of carbonyl (C=O) groups is 1. The lowest BCUT2D eigenvalue weighted by molar-refractivity contribution is -0.0124. The van der Waals surface area contributed by atoms with E-state index in [9.17, 15) is 4.79 Å². The Hall–Kier alpha value is -3.47. The molecule has 3 aromatic carbocycles. The summed E-state index contributed by atoms with van der Waals surface area (Å²) < 4.78 is 39.1. The molecule has 1 aliphatic rings. The van der Waals surface area contributed by atoms with Gasteiger partial charge in [-0.3, -0.25) is 0 Å². The maximum Gasteiger partial charge on any atom is 0.407 e. The highest BCUT2D eigenvalue weighted by atomic mass is 16.6. The summed E-state index contributed by atoms with van der Waals surface area (Å²) in [5.74, 6) is 0.925. The average molecular weight is 692 g/mol. The predicted molar refractivity (Wildman–Crippen MR) is 196 cm³/mol. The molecule has 0 saturated heterocycles. The van der Waals surface area contributed by atoms with Gasteiger partial charge in [-0.15, -0.1) is 0 Å². The molecular formula is C41H57NO8. The van der Waals surface area contributed by atoms with Crippen molar-refractivity contribution in [2.45, 2.75) is 57.8 Å². The smallest absolute Gasteiger partial charge is 0.407 e. The first-order valence-electron chi connectivity index (χ1n) is 18.5. The molecule has 9 heteroatoms. The van der Waals surface area contributed by atoms with Gasteiger partial charge in [0.1, 0.15) is 19.0 Å². The number of aryl methyl sites for hydroxylation is 1. The fourth-order valence-electron chi connectivity index (χ4n) is 5.94. The topological polar surface area (TPSA) is 93.7 Å². The van der Waals surface area contributed by atoms with Crippen molar-refractivity contribution < 1.29 is 38.0 Å². The molecule has 274 valence electrons. The molecule has 1 N–H and O–H groups in total. The second-order valence-corrected chi connectivity index (χ2v) is 12.3. The number of alkyl carbamates (subject to hydrolysis) is 1. The highest BCUT2D eigenvalue weighted by Gasteiger charge is 2.28. The molecule has 0 aromatic heterocycles. The van der Waals surface area contributed by atoms with Crippen molar-refractivity contribution in [2.24, 2.45) is 0 Å². The molecule has 1 aliphatic carbocycles. The fraction of sp³-hybridized carbons (Fsp3) is 0.537. The molecule has 0 radical (unpaired) electrons. The maximum absolute atomic E-state index is 12.2. The van der Waals surface area contributed by atoms with E-state index >= 15 is 0 Å². The van der Waals surface area contributed by atoms with Gasteiger partial charge in [0, 0.05) is 12.5 Å². The van der Waals surface area contributed by atoms with Gasteiger partial charge in [-0.2, -0.15) is 0 Å². The normalized spacial score (nSPS) is 12.1. The molecule has 0 saturated carbocycles. The minimum atomic E-state index is -0.444. The highest BCUT2D eigenvalue weighted by Crippen LogP contribution is 2.44. The summed E-state index contributed by atoms with van der Waals surface area (Å²) in [7, 11) is 0. The number of benzene rings is 3. The van der Waals surface area contributed by atoms with Crippen LogP contribution < -0.4 is 10.1 Å². The molecule has 3 aromatic rings. The van der Waals surface area contributed by atoms with E-state index in [2.05, 4.69) is 48.6 Å². The third-order valence-electron chi connectivity index (χ3n) is 8.59. The van der Waals surface area contributed by atoms with Crippen LogP contribution in [0.25, 0.3) is 11.1 Å². The van der Waals surface area contributed by atoms with Crippen molar-refractivity contribution in [3.63, 3.8) is 0 Å². The monoisotopic (exact) mass is 691 g/mol. The number of ether oxygens (including phenoxy) is 7. The lowest BCUT2D eigenvalue weighted by Crippen LogP contribution is -2.29. The van der Waals surface area contributed by atoms with Crippen LogP contribution in [0.2, 0.25) is 0 Å². The molecular weight excluding hydrogens is 634 g/mol. The van der Waals surface area contributed by atoms with E-state index in [0.717, 1.165) is 12.2 Å². The summed E-state index contributed by atoms with van der Waals surface area (Å²) in [5.41, 5.74) is 6.17. The Morgan fingerprint density at radius 1 is 0.580 bits per heavy atom. The Morgan fingerprint density at radius 3 is 1.66 bits per heavy atom. The van der Waals surface area contributed by atoms with E-state index in [1.54, 1.807) is 0 Å². The van der Waals surface area contributed by atoms with Gasteiger partial charge in [-0.25, -0.2) is 4.79 Å². The van der Waals surface area contributed by atoms with Crippen LogP contribution in [0, 0.1) is 0 Å². The van der Waals surface area contributed by atoms with Crippen LogP contribution in [0.15, 0.2) is 72.8 Å². The van der Waals surface area contributed by atoms with Gasteiger partial charge in [-0.05, 0) is 52.8 Å². The van der Waals surface area contributed by atoms with E-state index in [1.165, 1.54) is 66.3 Å². The zero-order chi connectivity index (χ0) is 34.9. The third-order valence-corrected chi connectivity index (χ3v) is 8.59. The van der Waals surface area contributed by atoms with Gasteiger partial charge in [0.15, 0.2) is 0 Å². The van der Waals surface area contributed by atoms with E-state index in [-0.39, 0.29) is 5.92 Å². The van der Waals surface area contributed by atoms with Gasteiger partial charge in [-0.1, -0.05) is 99.7 Å². The van der Waals surface area contributed by atoms with Gasteiger partial charge in [0.2, 0.25) is 0 Å². The highest BCUT2D eigenvalue weighted by molar-refractivity contribution is 5.79. The molecule has 0 aliphatic heterocycles. The summed E-state index contributed by atoms with van der Waals surface area (Å²) in [4.78, 5) is 12.2. The van der Waals surface area contributed by atoms with Crippen molar-refractivity contribution in [3.8, 4) is 16.9 Å². The van der Waals surface area contributed by atoms with Crippen molar-refractivity contribution in [1.29, 1.82) is 0 Å². The zero-order valence-corrected chi connectivity index (χ0v) is 29.9. The number of amides is 1. The minimum absolute atomic E-state index is 0.0441. The maximum atomic E-state index is 12.2. The molecule has 0 atom stereocenters. The van der Waals surface area contributed by atoms with Gasteiger partial charge >= 0.3 is 6.09 Å². The lowest BCUT2D eigenvalue weighted by Gasteiger charge is -2.14. The molecule has 0 fully saturated rings. The molecule has 9 nitrogen and oxygen atoms in total. The van der Waals surface area contributed by atoms with Crippen molar-refractivity contribution in [3.05, 3.63) is 89.5 Å². The van der Waals surface area contributed by atoms with E-state index in [4.69, 9.17) is 33.2 Å². The Kier molecular flexibility index (Phi) is 19.4. The molecule has 0 spiro atoms. The Morgan fingerprint density at radius 2 is 1.08 bits per heavy atom. The van der Waals surface area contributed by atoms with Crippen molar-refractivity contribution in [1.82, 2.24) is 5.32 Å². The average Bonchev–Trinajstić information content (AvgIpc) is 3.47. The van der Waals surface area contributed by atoms with Gasteiger partial charge in [0.05, 0.1) is 66.1 Å². The number of rotatable bonds is 28. The Balaban J connectivity index is 0.861. The Bertz CT molecular complexity index is 1290. The predicted octanol–water partition coefficient (Wildman–Crippen LogP) is 7.59. The zero-order valence-electron chi connectivity index (χ0n) is 29.9. The minimum Gasteiger partial charge on any atom is -0.491 e. The standard InChI is InChI=1S/C41H57NO8/c1-2-3-4-5-6-7-12-34-17-19-35(20-18-34)49-32-31-48-30-29-47-28-27-46-26-25-45-24-23-44-22-21-42-41(43)50-33-40-38-15-10-8-13-36(38)37-14-9-11-16-39(37)40/h8-11,13-20,40H,2-7,12,21-33H2,1H3,(H,42,43). The third kappa shape index (κ3) is 14.8. The van der Waals surface area contributed by atoms with Crippen molar-refractivity contribution >= 4 is 6.09 Å². The van der Waals surface area contributed by atoms with E-state index in [0.29, 0.717) is 85.8 Å². The first-order chi connectivity index (χ1) is 24.8. The first kappa shape index (κ1) is 39.3. The molecule has 1 amide bonds. The molecule has 0 heterocycles. The summed E-state index contributed by atoms with van der Waals surface area (Å²) in [6.07, 6.45) is 8.62. The van der Waals surface area contributed by atoms with Crippen LogP contribution >= 0.6 is 0 Å². The second kappa shape index (κ2) is 24.6. The van der Waals surface area contributed by atoms with E-state index < -0.39 is 6.09 Å². The van der Waals surface area contributed by atoms with Crippen LogP contribution in [-0.4, -0.2) is 91.9 Å². The number of hydrogen-bond acceptors (Lipinski definition) is 8. The van der Waals surface area contributed by atoms with Crippen LogP contribution in [0.5, 0.6) is 5.75 Å². The number of unbranched alkanes of at least 4 members (excludes halogenated alkanes) is 5. The largest absolute Gasteiger partial charge is 0.491 e. The van der Waals surface area contributed by atoms with Crippen LogP contribution in [0.3, 0.4) is 0 Å². The second-order valence-electron chi connectivity index (χ2n) is 12.3. The van der Waals surface area contributed by atoms with Crippen LogP contribution in [-0.2, 0) is 34.8 Å². The molecule has 0 bridgehead atoms. The van der Waals surface area contributed by atoms with Crippen LogP contribution in [0.4, 0.5) is 4.79 Å². The molecule has 4 rings (SSSR count). The summed E-state index contributed by atoms with van der Waals surface area (Å²) in [6.45, 7) is 8.23. The molecule has 50 heavy (non-hydrogen) atoms. The summed E-state index contributed by atoms with van der Waals surface area (Å²) in [5, 5.41) is 2.75. The number of carbonyl (C=O) groups excluding carboxylic acids is 1. The van der Waals surface area contributed by atoms with E-state index in [1.807, 2.05) is 36.4 Å². The Labute approximate surface area is 298 Å². The SMILES string of the molecule is CCCCCCCCc1ccc(OCCOCCOCCOCCOCCOCCNC(=O)OCC2c3ccccc3-c3ccccc32)cc1. The van der Waals surface area contributed by atoms with Crippen molar-refractivity contribution in [2.75, 3.05) is 85.8 Å². The van der Waals surface area contributed by atoms with Gasteiger partial charge in [0.25, 0.3) is 0 Å². The van der Waals surface area contributed by atoms with Crippen LogP contribution in [0.1, 0.15) is 68.1 Å². The van der Waals surface area contributed by atoms with Gasteiger partial charge < -0.3 is 38.5 Å².